The van der Waals surface area contributed by atoms with Crippen molar-refractivity contribution in [1.29, 1.82) is 0 Å². The average molecular weight is 402 g/mol. The van der Waals surface area contributed by atoms with Gasteiger partial charge in [0.15, 0.2) is 0 Å². The topological polar surface area (TPSA) is 37.3 Å². The molecule has 0 radical (unpaired) electrons. The molecule has 1 N–H and O–H groups in total. The number of amides is 1. The van der Waals surface area contributed by atoms with Gasteiger partial charge in [-0.3, -0.25) is 9.69 Å². The van der Waals surface area contributed by atoms with Gasteiger partial charge >= 0.3 is 0 Å². The number of rotatable bonds is 4. The van der Waals surface area contributed by atoms with Gasteiger partial charge in [-0.25, -0.2) is 0 Å². The fourth-order valence-corrected chi connectivity index (χ4v) is 5.61. The molecule has 1 saturated carbocycles. The monoisotopic (exact) mass is 401 g/mol. The maximum absolute atomic E-state index is 13.2. The molecule has 2 aliphatic rings. The van der Waals surface area contributed by atoms with Gasteiger partial charge in [0.25, 0.3) is 5.91 Å². The first-order valence-corrected chi connectivity index (χ1v) is 11.2. The van der Waals surface area contributed by atoms with E-state index in [1.165, 1.54) is 64.5 Å². The van der Waals surface area contributed by atoms with E-state index in [2.05, 4.69) is 10.2 Å². The van der Waals surface area contributed by atoms with E-state index in [0.29, 0.717) is 5.02 Å². The van der Waals surface area contributed by atoms with E-state index in [0.717, 1.165) is 28.7 Å². The van der Waals surface area contributed by atoms with Crippen LogP contribution in [0.5, 0.6) is 0 Å². The fraction of sp³-hybridized carbons (Fsp3) is 0.609. The molecule has 4 nitrogen and oxygen atoms in total. The Morgan fingerprint density at radius 3 is 2.50 bits per heavy atom. The van der Waals surface area contributed by atoms with Crippen molar-refractivity contribution in [2.45, 2.75) is 63.8 Å². The van der Waals surface area contributed by atoms with Gasteiger partial charge in [-0.05, 0) is 69.5 Å². The predicted molar refractivity (Wildman–Crippen MR) is 116 cm³/mol. The van der Waals surface area contributed by atoms with Crippen molar-refractivity contribution >= 4 is 28.4 Å². The number of piperidine rings is 1. The van der Waals surface area contributed by atoms with E-state index in [1.54, 1.807) is 0 Å². The van der Waals surface area contributed by atoms with Gasteiger partial charge in [0.1, 0.15) is 5.69 Å². The Hall–Kier alpha value is -1.52. The standard InChI is InChI=1S/C23H32ClN3O/c1-17-19-15-18(24)9-10-20(19)26(2)21(17)22(28)25-16-23(11-5-3-6-12-23)27-13-7-4-8-14-27/h9-10,15H,3-8,11-14,16H2,1-2H3,(H,25,28). The van der Waals surface area contributed by atoms with Crippen LogP contribution in [0.25, 0.3) is 10.9 Å². The van der Waals surface area contributed by atoms with Crippen LogP contribution in [0.3, 0.4) is 0 Å². The van der Waals surface area contributed by atoms with Crippen molar-refractivity contribution < 1.29 is 4.79 Å². The molecule has 1 aromatic carbocycles. The number of nitrogens with zero attached hydrogens (tertiary/aromatic N) is 2. The van der Waals surface area contributed by atoms with Crippen LogP contribution in [0, 0.1) is 6.92 Å². The number of likely N-dealkylation sites (tertiary alicyclic amines) is 1. The Morgan fingerprint density at radius 1 is 1.11 bits per heavy atom. The van der Waals surface area contributed by atoms with Crippen molar-refractivity contribution in [3.05, 3.63) is 34.5 Å². The number of benzene rings is 1. The molecule has 152 valence electrons. The second kappa shape index (κ2) is 8.08. The first kappa shape index (κ1) is 19.8. The molecule has 1 amide bonds. The third-order valence-electron chi connectivity index (χ3n) is 7.02. The smallest absolute Gasteiger partial charge is 0.268 e. The summed E-state index contributed by atoms with van der Waals surface area (Å²) in [6, 6.07) is 5.84. The summed E-state index contributed by atoms with van der Waals surface area (Å²) in [6.45, 7) is 5.14. The molecule has 2 heterocycles. The largest absolute Gasteiger partial charge is 0.349 e. The number of aromatic nitrogens is 1. The molecule has 1 aliphatic heterocycles. The summed E-state index contributed by atoms with van der Waals surface area (Å²) in [5.41, 5.74) is 2.96. The molecule has 0 atom stereocenters. The second-order valence-corrected chi connectivity index (χ2v) is 9.15. The van der Waals surface area contributed by atoms with Gasteiger partial charge < -0.3 is 9.88 Å². The van der Waals surface area contributed by atoms with Crippen LogP contribution in [0.15, 0.2) is 18.2 Å². The maximum Gasteiger partial charge on any atom is 0.268 e. The molecule has 0 unspecified atom stereocenters. The lowest BCUT2D eigenvalue weighted by Gasteiger charge is -2.48. The van der Waals surface area contributed by atoms with E-state index in [9.17, 15) is 4.79 Å². The van der Waals surface area contributed by atoms with Crippen LogP contribution < -0.4 is 5.32 Å². The zero-order valence-corrected chi connectivity index (χ0v) is 17.9. The predicted octanol–water partition coefficient (Wildman–Crippen LogP) is 5.06. The summed E-state index contributed by atoms with van der Waals surface area (Å²) in [5.74, 6) is 0.0364. The summed E-state index contributed by atoms with van der Waals surface area (Å²) in [6.07, 6.45) is 10.2. The highest BCUT2D eigenvalue weighted by atomic mass is 35.5. The Morgan fingerprint density at radius 2 is 1.79 bits per heavy atom. The first-order valence-electron chi connectivity index (χ1n) is 10.8. The number of carbonyl (C=O) groups is 1. The van der Waals surface area contributed by atoms with E-state index < -0.39 is 0 Å². The lowest BCUT2D eigenvalue weighted by atomic mass is 9.79. The van der Waals surface area contributed by atoms with Gasteiger partial charge in [-0.1, -0.05) is 37.3 Å². The molecule has 5 heteroatoms. The molecule has 2 aromatic rings. The number of nitrogens with one attached hydrogen (secondary N) is 1. The number of fused-ring (bicyclic) bond motifs is 1. The van der Waals surface area contributed by atoms with Crippen molar-refractivity contribution in [2.75, 3.05) is 19.6 Å². The Kier molecular flexibility index (Phi) is 5.71. The third-order valence-corrected chi connectivity index (χ3v) is 7.25. The molecule has 28 heavy (non-hydrogen) atoms. The summed E-state index contributed by atoms with van der Waals surface area (Å²) in [7, 11) is 1.97. The van der Waals surface area contributed by atoms with Crippen LogP contribution in [0.4, 0.5) is 0 Å². The molecule has 0 bridgehead atoms. The highest BCUT2D eigenvalue weighted by molar-refractivity contribution is 6.31. The minimum atomic E-state index is 0.0364. The SMILES string of the molecule is Cc1c(C(=O)NCC2(N3CCCCC3)CCCCC2)n(C)c2ccc(Cl)cc12. The highest BCUT2D eigenvalue weighted by Crippen LogP contribution is 2.35. The number of hydrogen-bond acceptors (Lipinski definition) is 2. The molecular formula is C23H32ClN3O. The normalized spacial score (nSPS) is 20.4. The molecule has 0 spiro atoms. The zero-order valence-electron chi connectivity index (χ0n) is 17.2. The van der Waals surface area contributed by atoms with Crippen molar-refractivity contribution in [1.82, 2.24) is 14.8 Å². The first-order chi connectivity index (χ1) is 13.5. The Balaban J connectivity index is 1.56. The number of carbonyl (C=O) groups excluding carboxylic acids is 1. The van der Waals surface area contributed by atoms with Crippen LogP contribution in [0.2, 0.25) is 5.02 Å². The fourth-order valence-electron chi connectivity index (χ4n) is 5.43. The van der Waals surface area contributed by atoms with E-state index in [-0.39, 0.29) is 11.4 Å². The highest BCUT2D eigenvalue weighted by Gasteiger charge is 2.38. The van der Waals surface area contributed by atoms with Crippen molar-refractivity contribution in [2.24, 2.45) is 7.05 Å². The minimum Gasteiger partial charge on any atom is -0.349 e. The van der Waals surface area contributed by atoms with E-state index in [1.807, 2.05) is 36.7 Å². The van der Waals surface area contributed by atoms with Crippen LogP contribution in [0.1, 0.15) is 67.4 Å². The van der Waals surface area contributed by atoms with Crippen LogP contribution in [-0.2, 0) is 7.05 Å². The van der Waals surface area contributed by atoms with Gasteiger partial charge in [0.2, 0.25) is 0 Å². The Labute approximate surface area is 173 Å². The van der Waals surface area contributed by atoms with Gasteiger partial charge in [0.05, 0.1) is 0 Å². The zero-order chi connectivity index (χ0) is 19.7. The molecular weight excluding hydrogens is 370 g/mol. The third kappa shape index (κ3) is 3.57. The summed E-state index contributed by atoms with van der Waals surface area (Å²) in [4.78, 5) is 15.9. The van der Waals surface area contributed by atoms with Gasteiger partial charge in [-0.15, -0.1) is 0 Å². The van der Waals surface area contributed by atoms with Crippen molar-refractivity contribution in [3.8, 4) is 0 Å². The number of hydrogen-bond donors (Lipinski definition) is 1. The van der Waals surface area contributed by atoms with Crippen LogP contribution >= 0.6 is 11.6 Å². The van der Waals surface area contributed by atoms with E-state index in [4.69, 9.17) is 11.6 Å². The summed E-state index contributed by atoms with van der Waals surface area (Å²) < 4.78 is 2.00. The molecule has 1 aromatic heterocycles. The van der Waals surface area contributed by atoms with Crippen molar-refractivity contribution in [3.63, 3.8) is 0 Å². The summed E-state index contributed by atoms with van der Waals surface area (Å²) >= 11 is 6.18. The summed E-state index contributed by atoms with van der Waals surface area (Å²) in [5, 5.41) is 5.10. The lowest BCUT2D eigenvalue weighted by Crippen LogP contribution is -2.58. The average Bonchev–Trinajstić information content (AvgIpc) is 2.97. The molecule has 2 fully saturated rings. The maximum atomic E-state index is 13.2. The van der Waals surface area contributed by atoms with Crippen LogP contribution in [-0.4, -0.2) is 40.5 Å². The molecule has 1 saturated heterocycles. The van der Waals surface area contributed by atoms with Gasteiger partial charge in [0, 0.05) is 35.1 Å². The quantitative estimate of drug-likeness (QED) is 0.777. The molecule has 1 aliphatic carbocycles. The molecule has 4 rings (SSSR count). The number of aryl methyl sites for hydroxylation is 2. The lowest BCUT2D eigenvalue weighted by molar-refractivity contribution is 0.0325. The second-order valence-electron chi connectivity index (χ2n) is 8.71. The van der Waals surface area contributed by atoms with E-state index >= 15 is 0 Å². The number of halogens is 1. The van der Waals surface area contributed by atoms with Gasteiger partial charge in [-0.2, -0.15) is 0 Å². The Bertz CT molecular complexity index is 860. The minimum absolute atomic E-state index is 0.0364.